The number of hydrogen-bond donors (Lipinski definition) is 2. The van der Waals surface area contributed by atoms with Gasteiger partial charge in [0.2, 0.25) is 0 Å². The number of halogens is 1. The summed E-state index contributed by atoms with van der Waals surface area (Å²) in [7, 11) is 0. The Bertz CT molecular complexity index is 795. The average Bonchev–Trinajstić information content (AvgIpc) is 3.04. The first kappa shape index (κ1) is 14.0. The van der Waals surface area contributed by atoms with E-state index in [0.717, 1.165) is 11.1 Å². The molecule has 0 fully saturated rings. The Balaban J connectivity index is 1.97. The fraction of sp³-hybridized carbons (Fsp3) is 0.0588. The molecule has 1 amide bonds. The summed E-state index contributed by atoms with van der Waals surface area (Å²) in [6.07, 6.45) is 2.94. The Morgan fingerprint density at radius 3 is 2.64 bits per heavy atom. The molecule has 0 saturated heterocycles. The lowest BCUT2D eigenvalue weighted by Gasteiger charge is -2.11. The summed E-state index contributed by atoms with van der Waals surface area (Å²) in [5.41, 5.74) is 3.56. The van der Waals surface area contributed by atoms with E-state index in [9.17, 15) is 9.18 Å². The second kappa shape index (κ2) is 5.81. The topological polar surface area (TPSA) is 57.8 Å². The van der Waals surface area contributed by atoms with E-state index in [1.807, 2.05) is 31.2 Å². The minimum absolute atomic E-state index is 0.297. The number of carbonyl (C=O) groups is 1. The maximum absolute atomic E-state index is 13.6. The number of amides is 1. The van der Waals surface area contributed by atoms with E-state index in [1.165, 1.54) is 24.5 Å². The molecule has 0 bridgehead atoms. The molecule has 0 spiro atoms. The van der Waals surface area contributed by atoms with Crippen LogP contribution in [0.15, 0.2) is 54.9 Å². The van der Waals surface area contributed by atoms with Crippen LogP contribution < -0.4 is 5.32 Å². The zero-order valence-corrected chi connectivity index (χ0v) is 11.9. The molecule has 0 unspecified atom stereocenters. The van der Waals surface area contributed by atoms with Crippen LogP contribution in [0, 0.1) is 12.7 Å². The third-order valence-electron chi connectivity index (χ3n) is 3.35. The van der Waals surface area contributed by atoms with Crippen LogP contribution in [0.4, 0.5) is 10.1 Å². The monoisotopic (exact) mass is 295 g/mol. The van der Waals surface area contributed by atoms with Crippen molar-refractivity contribution < 1.29 is 9.18 Å². The number of aromatic nitrogens is 2. The highest BCUT2D eigenvalue weighted by molar-refractivity contribution is 6.06. The molecule has 22 heavy (non-hydrogen) atoms. The molecule has 0 aliphatic heterocycles. The summed E-state index contributed by atoms with van der Waals surface area (Å²) in [5, 5.41) is 9.12. The second-order valence-electron chi connectivity index (χ2n) is 5.00. The van der Waals surface area contributed by atoms with Gasteiger partial charge in [-0.3, -0.25) is 9.89 Å². The van der Waals surface area contributed by atoms with Gasteiger partial charge in [-0.2, -0.15) is 5.10 Å². The molecular formula is C17H14FN3O. The minimum atomic E-state index is -0.350. The average molecular weight is 295 g/mol. The molecule has 0 aliphatic carbocycles. The normalized spacial score (nSPS) is 10.5. The van der Waals surface area contributed by atoms with Crippen molar-refractivity contribution in [1.82, 2.24) is 10.2 Å². The number of carbonyl (C=O) groups excluding carboxylic acids is 1. The molecule has 110 valence electrons. The zero-order valence-electron chi connectivity index (χ0n) is 11.9. The molecule has 1 heterocycles. The summed E-state index contributed by atoms with van der Waals surface area (Å²) >= 11 is 0. The summed E-state index contributed by atoms with van der Waals surface area (Å²) < 4.78 is 13.6. The maximum Gasteiger partial charge on any atom is 0.258 e. The number of aromatic amines is 1. The lowest BCUT2D eigenvalue weighted by atomic mass is 10.0. The van der Waals surface area contributed by atoms with Gasteiger partial charge >= 0.3 is 0 Å². The summed E-state index contributed by atoms with van der Waals surface area (Å²) in [6.45, 7) is 1.98. The Hall–Kier alpha value is -2.95. The first-order valence-corrected chi connectivity index (χ1v) is 6.80. The van der Waals surface area contributed by atoms with E-state index in [2.05, 4.69) is 15.5 Å². The van der Waals surface area contributed by atoms with Gasteiger partial charge in [-0.25, -0.2) is 4.39 Å². The number of hydrogen-bond acceptors (Lipinski definition) is 2. The van der Waals surface area contributed by atoms with Crippen molar-refractivity contribution in [2.24, 2.45) is 0 Å². The minimum Gasteiger partial charge on any atom is -0.321 e. The van der Waals surface area contributed by atoms with E-state index in [0.29, 0.717) is 16.8 Å². The van der Waals surface area contributed by atoms with Gasteiger partial charge in [-0.1, -0.05) is 29.8 Å². The third-order valence-corrected chi connectivity index (χ3v) is 3.35. The zero-order chi connectivity index (χ0) is 15.5. The molecule has 3 aromatic rings. The van der Waals surface area contributed by atoms with Gasteiger partial charge in [0.15, 0.2) is 0 Å². The van der Waals surface area contributed by atoms with Gasteiger partial charge in [0, 0.05) is 17.4 Å². The Kier molecular flexibility index (Phi) is 3.70. The van der Waals surface area contributed by atoms with Crippen LogP contribution in [0.3, 0.4) is 0 Å². The number of rotatable bonds is 3. The lowest BCUT2D eigenvalue weighted by molar-refractivity contribution is 0.102. The number of benzene rings is 2. The first-order valence-electron chi connectivity index (χ1n) is 6.80. The molecule has 5 heteroatoms. The highest BCUT2D eigenvalue weighted by atomic mass is 19.1. The van der Waals surface area contributed by atoms with Crippen LogP contribution in [0.2, 0.25) is 0 Å². The van der Waals surface area contributed by atoms with Crippen LogP contribution in [-0.4, -0.2) is 16.1 Å². The predicted molar refractivity (Wildman–Crippen MR) is 83.1 cm³/mol. The fourth-order valence-corrected chi connectivity index (χ4v) is 2.17. The van der Waals surface area contributed by atoms with Crippen molar-refractivity contribution in [2.45, 2.75) is 6.92 Å². The summed E-state index contributed by atoms with van der Waals surface area (Å²) in [6, 6.07) is 12.0. The van der Waals surface area contributed by atoms with Gasteiger partial charge in [-0.15, -0.1) is 0 Å². The van der Waals surface area contributed by atoms with Crippen LogP contribution in [0.1, 0.15) is 15.9 Å². The predicted octanol–water partition coefficient (Wildman–Crippen LogP) is 3.78. The highest BCUT2D eigenvalue weighted by Gasteiger charge is 2.12. The number of nitrogens with zero attached hydrogens (tertiary/aromatic N) is 1. The van der Waals surface area contributed by atoms with Gasteiger partial charge in [-0.05, 0) is 30.7 Å². The Morgan fingerprint density at radius 2 is 1.95 bits per heavy atom. The molecule has 4 nitrogen and oxygen atoms in total. The Morgan fingerprint density at radius 1 is 1.18 bits per heavy atom. The smallest absolute Gasteiger partial charge is 0.258 e. The van der Waals surface area contributed by atoms with Gasteiger partial charge < -0.3 is 5.32 Å². The van der Waals surface area contributed by atoms with E-state index < -0.39 is 0 Å². The van der Waals surface area contributed by atoms with Crippen molar-refractivity contribution in [2.75, 3.05) is 5.32 Å². The van der Waals surface area contributed by atoms with E-state index in [-0.39, 0.29) is 11.7 Å². The lowest BCUT2D eigenvalue weighted by Crippen LogP contribution is -2.11. The van der Waals surface area contributed by atoms with Crippen LogP contribution in [0.25, 0.3) is 11.1 Å². The highest BCUT2D eigenvalue weighted by Crippen LogP contribution is 2.29. The summed E-state index contributed by atoms with van der Waals surface area (Å²) in [4.78, 5) is 12.1. The molecule has 2 aromatic carbocycles. The number of nitrogens with one attached hydrogen (secondary N) is 2. The third kappa shape index (κ3) is 2.88. The maximum atomic E-state index is 13.6. The van der Waals surface area contributed by atoms with Crippen molar-refractivity contribution in [3.8, 4) is 11.1 Å². The van der Waals surface area contributed by atoms with E-state index in [1.54, 1.807) is 6.07 Å². The van der Waals surface area contributed by atoms with Gasteiger partial charge in [0.05, 0.1) is 11.8 Å². The van der Waals surface area contributed by atoms with Crippen molar-refractivity contribution in [1.29, 1.82) is 0 Å². The molecule has 0 atom stereocenters. The van der Waals surface area contributed by atoms with Crippen LogP contribution >= 0.6 is 0 Å². The van der Waals surface area contributed by atoms with Gasteiger partial charge in [0.25, 0.3) is 5.91 Å². The quantitative estimate of drug-likeness (QED) is 0.772. The molecule has 0 saturated carbocycles. The molecule has 3 rings (SSSR count). The molecule has 0 aliphatic rings. The van der Waals surface area contributed by atoms with Crippen molar-refractivity contribution in [3.05, 3.63) is 71.8 Å². The second-order valence-corrected chi connectivity index (χ2v) is 5.00. The number of H-pyrrole nitrogens is 1. The van der Waals surface area contributed by atoms with Crippen LogP contribution in [-0.2, 0) is 0 Å². The van der Waals surface area contributed by atoms with Crippen molar-refractivity contribution in [3.63, 3.8) is 0 Å². The van der Waals surface area contributed by atoms with Gasteiger partial charge in [0.1, 0.15) is 5.82 Å². The Labute approximate surface area is 127 Å². The SMILES string of the molecule is Cc1ccc(-c2cc(F)ccc2NC(=O)c2cn[nH]c2)cc1. The molecule has 2 N–H and O–H groups in total. The van der Waals surface area contributed by atoms with Crippen LogP contribution in [0.5, 0.6) is 0 Å². The first-order chi connectivity index (χ1) is 10.6. The summed E-state index contributed by atoms with van der Waals surface area (Å²) in [5.74, 6) is -0.648. The van der Waals surface area contributed by atoms with E-state index in [4.69, 9.17) is 0 Å². The largest absolute Gasteiger partial charge is 0.321 e. The van der Waals surface area contributed by atoms with E-state index >= 15 is 0 Å². The molecular weight excluding hydrogens is 281 g/mol. The molecule has 0 radical (unpaired) electrons. The number of anilines is 1. The fourth-order valence-electron chi connectivity index (χ4n) is 2.17. The standard InChI is InChI=1S/C17H14FN3O/c1-11-2-4-12(5-3-11)15-8-14(18)6-7-16(15)21-17(22)13-9-19-20-10-13/h2-10H,1H3,(H,19,20)(H,21,22). The number of aryl methyl sites for hydroxylation is 1. The molecule has 1 aromatic heterocycles. The van der Waals surface area contributed by atoms with Crippen molar-refractivity contribution >= 4 is 11.6 Å².